The van der Waals surface area contributed by atoms with Crippen molar-refractivity contribution in [2.24, 2.45) is 22.2 Å². The number of rotatable bonds is 14. The minimum absolute atomic E-state index is 0.0241. The summed E-state index contributed by atoms with van der Waals surface area (Å²) in [6, 6.07) is -2.68. The molecule has 3 aliphatic carbocycles. The summed E-state index contributed by atoms with van der Waals surface area (Å²) in [5.74, 6) is -2.52. The molecule has 0 radical (unpaired) electrons. The van der Waals surface area contributed by atoms with Crippen LogP contribution < -0.4 is 21.3 Å². The highest BCUT2D eigenvalue weighted by Gasteiger charge is 2.98. The number of urea groups is 1. The molecule has 5 amide bonds. The van der Waals surface area contributed by atoms with Crippen molar-refractivity contribution >= 4 is 39.4 Å². The van der Waals surface area contributed by atoms with Crippen molar-refractivity contribution in [1.82, 2.24) is 26.2 Å². The van der Waals surface area contributed by atoms with Gasteiger partial charge in [-0.1, -0.05) is 80.2 Å². The van der Waals surface area contributed by atoms with E-state index in [1.807, 2.05) is 27.7 Å². The molecule has 0 aromatic carbocycles. The second-order valence-electron chi connectivity index (χ2n) is 15.8. The van der Waals surface area contributed by atoms with E-state index >= 15 is 0 Å². The Bertz CT molecular complexity index is 1410. The van der Waals surface area contributed by atoms with Crippen LogP contribution in [-0.2, 0) is 29.0 Å². The number of nitrogens with one attached hydrogen (secondary N) is 4. The fourth-order valence-corrected chi connectivity index (χ4v) is 10.2. The van der Waals surface area contributed by atoms with Crippen molar-refractivity contribution in [1.29, 1.82) is 0 Å². The van der Waals surface area contributed by atoms with Crippen LogP contribution >= 0.6 is 0 Å². The van der Waals surface area contributed by atoms with Crippen molar-refractivity contribution in [3.05, 3.63) is 12.7 Å². The molecule has 12 nitrogen and oxygen atoms in total. The standard InChI is InChI=1S/C34H55N5O7S/c1-9-15-22(24(40)26(41)35-18-10-2)36-28(43)34-20-33(34)23(31(33,7)8)19-39(34)27(42)25(30(4,5)6)37-29(44)38-32(16-13-12-14-17-32)21-47(45,46)11-3/h10,22-23,25H,2,9,11-21H2,1,3-8H3,(H,35,41)(H,36,43)(H2,37,38,44)/t22?,23?,25?,33?,34-/m0/s1. The number of likely N-dealkylation sites (tertiary alicyclic amines) is 1. The average molecular weight is 678 g/mol. The predicted octanol–water partition coefficient (Wildman–Crippen LogP) is 2.62. The van der Waals surface area contributed by atoms with Crippen LogP contribution in [0.25, 0.3) is 0 Å². The van der Waals surface area contributed by atoms with Gasteiger partial charge >= 0.3 is 6.03 Å². The molecular weight excluding hydrogens is 622 g/mol. The number of ketones is 1. The third-order valence-electron chi connectivity index (χ3n) is 11.5. The first-order valence-electron chi connectivity index (χ1n) is 17.1. The molecule has 1 saturated heterocycles. The van der Waals surface area contributed by atoms with E-state index < -0.39 is 73.4 Å². The first kappa shape index (κ1) is 36.9. The maximum absolute atomic E-state index is 14.5. The van der Waals surface area contributed by atoms with Gasteiger partial charge in [-0.3, -0.25) is 19.2 Å². The van der Waals surface area contributed by atoms with Gasteiger partial charge < -0.3 is 26.2 Å². The number of amides is 5. The van der Waals surface area contributed by atoms with E-state index in [-0.39, 0.29) is 35.8 Å². The molecule has 47 heavy (non-hydrogen) atoms. The van der Waals surface area contributed by atoms with Crippen LogP contribution in [0.3, 0.4) is 0 Å². The molecule has 1 spiro atoms. The van der Waals surface area contributed by atoms with E-state index in [1.165, 1.54) is 6.08 Å². The van der Waals surface area contributed by atoms with Crippen LogP contribution in [0.5, 0.6) is 0 Å². The van der Waals surface area contributed by atoms with Crippen LogP contribution in [-0.4, -0.2) is 90.6 Å². The molecule has 264 valence electrons. The van der Waals surface area contributed by atoms with Crippen molar-refractivity contribution < 1.29 is 32.4 Å². The summed E-state index contributed by atoms with van der Waals surface area (Å²) in [7, 11) is -3.39. The van der Waals surface area contributed by atoms with Gasteiger partial charge in [0, 0.05) is 24.3 Å². The molecule has 4 rings (SSSR count). The Morgan fingerprint density at radius 3 is 2.19 bits per heavy atom. The molecular formula is C34H55N5O7S. The van der Waals surface area contributed by atoms with E-state index in [4.69, 9.17) is 0 Å². The molecule has 1 heterocycles. The summed E-state index contributed by atoms with van der Waals surface area (Å²) >= 11 is 0. The quantitative estimate of drug-likeness (QED) is 0.162. The third-order valence-corrected chi connectivity index (χ3v) is 13.4. The van der Waals surface area contributed by atoms with Crippen LogP contribution in [0.4, 0.5) is 4.79 Å². The van der Waals surface area contributed by atoms with Crippen LogP contribution in [0, 0.1) is 22.2 Å². The van der Waals surface area contributed by atoms with Gasteiger partial charge in [-0.2, -0.15) is 0 Å². The number of sulfone groups is 1. The van der Waals surface area contributed by atoms with E-state index in [2.05, 4.69) is 41.7 Å². The lowest BCUT2D eigenvalue weighted by Gasteiger charge is -2.41. The lowest BCUT2D eigenvalue weighted by atomic mass is 9.83. The predicted molar refractivity (Wildman–Crippen MR) is 179 cm³/mol. The average Bonchev–Trinajstić information content (AvgIpc) is 3.77. The fraction of sp³-hybridized carbons (Fsp3) is 0.794. The first-order valence-corrected chi connectivity index (χ1v) is 19.0. The van der Waals surface area contributed by atoms with Gasteiger partial charge in [0.1, 0.15) is 11.6 Å². The highest BCUT2D eigenvalue weighted by Crippen LogP contribution is 2.91. The maximum atomic E-state index is 14.5. The lowest BCUT2D eigenvalue weighted by Crippen LogP contribution is -2.64. The number of Topliss-reactive ketones (excluding diaryl/α,β-unsaturated/α-hetero) is 1. The van der Waals surface area contributed by atoms with Crippen LogP contribution in [0.15, 0.2) is 12.7 Å². The second-order valence-corrected chi connectivity index (χ2v) is 18.2. The zero-order chi connectivity index (χ0) is 35.2. The SMILES string of the molecule is C=CCNC(=O)C(=O)C(CCC)NC(=O)[C@@]12CC13C(CN2C(=O)C(NC(=O)NC1(CS(=O)(=O)CC)CCCCC1)C(C)(C)C)C3(C)C. The monoisotopic (exact) mass is 677 g/mol. The Labute approximate surface area is 279 Å². The number of carbonyl (C=O) groups excluding carboxylic acids is 5. The number of nitrogens with zero attached hydrogens (tertiary/aromatic N) is 1. The molecule has 1 aliphatic heterocycles. The van der Waals surface area contributed by atoms with E-state index in [0.717, 1.165) is 19.3 Å². The minimum atomic E-state index is -3.39. The smallest absolute Gasteiger partial charge is 0.315 e. The molecule has 0 aromatic heterocycles. The van der Waals surface area contributed by atoms with Crippen LogP contribution in [0.1, 0.15) is 99.8 Å². The van der Waals surface area contributed by atoms with E-state index in [9.17, 15) is 32.4 Å². The molecule has 5 atom stereocenters. The summed E-state index contributed by atoms with van der Waals surface area (Å²) in [5.41, 5.74) is -3.52. The topological polar surface area (TPSA) is 171 Å². The summed E-state index contributed by atoms with van der Waals surface area (Å²) in [6.07, 6.45) is 6.33. The molecule has 0 aromatic rings. The van der Waals surface area contributed by atoms with Gasteiger partial charge in [0.15, 0.2) is 9.84 Å². The molecule has 4 aliphatic rings. The zero-order valence-corrected chi connectivity index (χ0v) is 30.0. The molecule has 4 fully saturated rings. The van der Waals surface area contributed by atoms with Gasteiger partial charge in [-0.15, -0.1) is 6.58 Å². The first-order chi connectivity index (χ1) is 21.8. The third kappa shape index (κ3) is 6.45. The van der Waals surface area contributed by atoms with E-state index in [1.54, 1.807) is 11.8 Å². The maximum Gasteiger partial charge on any atom is 0.315 e. The zero-order valence-electron chi connectivity index (χ0n) is 29.2. The Morgan fingerprint density at radius 2 is 1.66 bits per heavy atom. The summed E-state index contributed by atoms with van der Waals surface area (Å²) in [5, 5.41) is 11.2. The van der Waals surface area contributed by atoms with Crippen molar-refractivity contribution in [3.63, 3.8) is 0 Å². The van der Waals surface area contributed by atoms with Crippen molar-refractivity contribution in [2.45, 2.75) is 123 Å². The Balaban J connectivity index is 1.58. The highest BCUT2D eigenvalue weighted by atomic mass is 32.2. The lowest BCUT2D eigenvalue weighted by molar-refractivity contribution is -0.147. The van der Waals surface area contributed by atoms with Gasteiger partial charge in [0.25, 0.3) is 5.91 Å². The van der Waals surface area contributed by atoms with Gasteiger partial charge in [0.2, 0.25) is 17.6 Å². The number of hydrogen-bond acceptors (Lipinski definition) is 7. The van der Waals surface area contributed by atoms with E-state index in [0.29, 0.717) is 32.2 Å². The largest absolute Gasteiger partial charge is 0.346 e. The second kappa shape index (κ2) is 12.8. The number of hydrogen-bond donors (Lipinski definition) is 4. The Kier molecular flexibility index (Phi) is 10.1. The number of piperidine rings is 2. The number of carbonyl (C=O) groups is 5. The molecule has 4 unspecified atom stereocenters. The Hall–Kier alpha value is -2.96. The van der Waals surface area contributed by atoms with Gasteiger partial charge in [0.05, 0.1) is 17.3 Å². The van der Waals surface area contributed by atoms with Gasteiger partial charge in [-0.05, 0) is 42.4 Å². The molecule has 0 bridgehead atoms. The summed E-state index contributed by atoms with van der Waals surface area (Å²) in [6.45, 7) is 17.1. The summed E-state index contributed by atoms with van der Waals surface area (Å²) in [4.78, 5) is 69.6. The van der Waals surface area contributed by atoms with Crippen LogP contribution in [0.2, 0.25) is 0 Å². The molecule has 13 heteroatoms. The molecule has 4 N–H and O–H groups in total. The summed E-state index contributed by atoms with van der Waals surface area (Å²) < 4.78 is 25.3. The minimum Gasteiger partial charge on any atom is -0.346 e. The molecule has 3 saturated carbocycles. The highest BCUT2D eigenvalue weighted by molar-refractivity contribution is 7.91. The van der Waals surface area contributed by atoms with Crippen molar-refractivity contribution in [3.8, 4) is 0 Å². The fourth-order valence-electron chi connectivity index (χ4n) is 8.75. The van der Waals surface area contributed by atoms with Crippen molar-refractivity contribution in [2.75, 3.05) is 24.6 Å². The Morgan fingerprint density at radius 1 is 1.02 bits per heavy atom. The normalized spacial score (nSPS) is 28.1. The van der Waals surface area contributed by atoms with Gasteiger partial charge in [-0.25, -0.2) is 13.2 Å².